The van der Waals surface area contributed by atoms with Gasteiger partial charge in [-0.15, -0.1) is 5.10 Å². The van der Waals surface area contributed by atoms with Gasteiger partial charge in [0.2, 0.25) is 5.91 Å². The van der Waals surface area contributed by atoms with E-state index in [0.29, 0.717) is 17.8 Å². The summed E-state index contributed by atoms with van der Waals surface area (Å²) < 4.78 is 1.69. The number of nitrogens with zero attached hydrogens (tertiary/aromatic N) is 3. The van der Waals surface area contributed by atoms with Crippen molar-refractivity contribution < 1.29 is 9.90 Å². The molecule has 122 valence electrons. The van der Waals surface area contributed by atoms with Crippen LogP contribution in [0.1, 0.15) is 12.0 Å². The SMILES string of the molecule is C=C(NNC(=O)CCn1nnc2ccccc21)c1cccc(O)c1. The molecule has 3 aromatic rings. The van der Waals surface area contributed by atoms with E-state index in [1.54, 1.807) is 28.9 Å². The molecule has 0 radical (unpaired) electrons. The summed E-state index contributed by atoms with van der Waals surface area (Å²) >= 11 is 0. The molecule has 0 unspecified atom stereocenters. The first-order valence-corrected chi connectivity index (χ1v) is 7.45. The summed E-state index contributed by atoms with van der Waals surface area (Å²) in [6.07, 6.45) is 0.244. The van der Waals surface area contributed by atoms with E-state index in [1.165, 1.54) is 0 Å². The second-order valence-electron chi connectivity index (χ2n) is 5.25. The summed E-state index contributed by atoms with van der Waals surface area (Å²) in [7, 11) is 0. The Hall–Kier alpha value is -3.35. The van der Waals surface area contributed by atoms with Crippen molar-refractivity contribution in [2.75, 3.05) is 0 Å². The number of fused-ring (bicyclic) bond motifs is 1. The predicted molar refractivity (Wildman–Crippen MR) is 90.6 cm³/mol. The molecule has 3 rings (SSSR count). The van der Waals surface area contributed by atoms with E-state index >= 15 is 0 Å². The average Bonchev–Trinajstić information content (AvgIpc) is 3.01. The van der Waals surface area contributed by atoms with Crippen LogP contribution in [0.2, 0.25) is 0 Å². The Morgan fingerprint density at radius 2 is 2.00 bits per heavy atom. The Labute approximate surface area is 138 Å². The molecule has 0 saturated carbocycles. The Morgan fingerprint density at radius 1 is 1.17 bits per heavy atom. The van der Waals surface area contributed by atoms with E-state index in [-0.39, 0.29) is 18.1 Å². The van der Waals surface area contributed by atoms with Crippen molar-refractivity contribution in [3.8, 4) is 5.75 Å². The molecule has 24 heavy (non-hydrogen) atoms. The van der Waals surface area contributed by atoms with Crippen LogP contribution in [-0.4, -0.2) is 26.0 Å². The van der Waals surface area contributed by atoms with Gasteiger partial charge >= 0.3 is 0 Å². The third-order valence-electron chi connectivity index (χ3n) is 3.52. The fraction of sp³-hybridized carbons (Fsp3) is 0.118. The minimum absolute atomic E-state index is 0.139. The van der Waals surface area contributed by atoms with Crippen molar-refractivity contribution in [3.63, 3.8) is 0 Å². The van der Waals surface area contributed by atoms with Gasteiger partial charge in [-0.1, -0.05) is 36.1 Å². The van der Waals surface area contributed by atoms with Crippen LogP contribution in [0, 0.1) is 0 Å². The zero-order chi connectivity index (χ0) is 16.9. The highest BCUT2D eigenvalue weighted by Gasteiger charge is 2.07. The summed E-state index contributed by atoms with van der Waals surface area (Å²) in [4.78, 5) is 12.0. The molecule has 0 saturated heterocycles. The smallest absolute Gasteiger partial charge is 0.240 e. The highest BCUT2D eigenvalue weighted by atomic mass is 16.3. The zero-order valence-electron chi connectivity index (χ0n) is 12.9. The van der Waals surface area contributed by atoms with E-state index < -0.39 is 0 Å². The molecule has 0 spiro atoms. The van der Waals surface area contributed by atoms with E-state index in [0.717, 1.165) is 11.0 Å². The lowest BCUT2D eigenvalue weighted by molar-refractivity contribution is -0.121. The minimum atomic E-state index is -0.198. The van der Waals surface area contributed by atoms with Gasteiger partial charge in [0, 0.05) is 12.0 Å². The first kappa shape index (κ1) is 15.5. The molecule has 2 aromatic carbocycles. The molecular weight excluding hydrogens is 306 g/mol. The van der Waals surface area contributed by atoms with Gasteiger partial charge in [0.25, 0.3) is 0 Å². The molecular formula is C17H17N5O2. The van der Waals surface area contributed by atoms with Crippen molar-refractivity contribution >= 4 is 22.6 Å². The van der Waals surface area contributed by atoms with Crippen molar-refractivity contribution in [3.05, 3.63) is 60.7 Å². The number of para-hydroxylation sites is 1. The maximum Gasteiger partial charge on any atom is 0.240 e. The molecule has 7 heteroatoms. The van der Waals surface area contributed by atoms with Gasteiger partial charge in [-0.2, -0.15) is 0 Å². The molecule has 1 aromatic heterocycles. The van der Waals surface area contributed by atoms with Crippen molar-refractivity contribution in [1.29, 1.82) is 0 Å². The molecule has 0 fully saturated rings. The average molecular weight is 323 g/mol. The van der Waals surface area contributed by atoms with Crippen molar-refractivity contribution in [1.82, 2.24) is 25.8 Å². The lowest BCUT2D eigenvalue weighted by atomic mass is 10.2. The van der Waals surface area contributed by atoms with E-state index in [4.69, 9.17) is 0 Å². The third kappa shape index (κ3) is 3.52. The fourth-order valence-corrected chi connectivity index (χ4v) is 2.26. The Bertz CT molecular complexity index is 887. The number of carbonyl (C=O) groups is 1. The standard InChI is InChI=1S/C17H17N5O2/c1-12(13-5-4-6-14(23)11-13)18-20-17(24)9-10-22-16-8-3-2-7-15(16)19-21-22/h2-8,11,18,23H,1,9-10H2,(H,20,24). The van der Waals surface area contributed by atoms with Crippen LogP contribution in [0.4, 0.5) is 0 Å². The number of aromatic hydroxyl groups is 1. The van der Waals surface area contributed by atoms with Crippen LogP contribution >= 0.6 is 0 Å². The number of aryl methyl sites for hydroxylation is 1. The minimum Gasteiger partial charge on any atom is -0.508 e. The first-order chi connectivity index (χ1) is 11.6. The molecule has 0 bridgehead atoms. The number of amides is 1. The molecule has 7 nitrogen and oxygen atoms in total. The van der Waals surface area contributed by atoms with Gasteiger partial charge in [-0.25, -0.2) is 4.68 Å². The maximum atomic E-state index is 12.0. The lowest BCUT2D eigenvalue weighted by Crippen LogP contribution is -2.36. The van der Waals surface area contributed by atoms with Crippen molar-refractivity contribution in [2.24, 2.45) is 0 Å². The highest BCUT2D eigenvalue weighted by Crippen LogP contribution is 2.15. The number of phenols is 1. The predicted octanol–water partition coefficient (Wildman–Crippen LogP) is 1.82. The van der Waals surface area contributed by atoms with E-state index in [1.807, 2.05) is 24.3 Å². The van der Waals surface area contributed by atoms with Crippen LogP contribution in [0.15, 0.2) is 55.1 Å². The quantitative estimate of drug-likeness (QED) is 0.602. The topological polar surface area (TPSA) is 92.1 Å². The Balaban J connectivity index is 1.52. The summed E-state index contributed by atoms with van der Waals surface area (Å²) in [5.41, 5.74) is 8.20. The fourth-order valence-electron chi connectivity index (χ4n) is 2.26. The Kier molecular flexibility index (Phi) is 4.42. The number of hydrazine groups is 1. The molecule has 0 aliphatic carbocycles. The number of hydrogen-bond acceptors (Lipinski definition) is 5. The second-order valence-corrected chi connectivity index (χ2v) is 5.25. The van der Waals surface area contributed by atoms with E-state index in [2.05, 4.69) is 27.7 Å². The number of hydrogen-bond donors (Lipinski definition) is 3. The van der Waals surface area contributed by atoms with Crippen LogP contribution in [0.5, 0.6) is 5.75 Å². The summed E-state index contributed by atoms with van der Waals surface area (Å²) in [5, 5.41) is 17.5. The molecule has 1 amide bonds. The third-order valence-corrected chi connectivity index (χ3v) is 3.52. The summed E-state index contributed by atoms with van der Waals surface area (Å²) in [6.45, 7) is 4.25. The van der Waals surface area contributed by atoms with Crippen LogP contribution < -0.4 is 10.9 Å². The number of rotatable bonds is 6. The number of benzene rings is 2. The summed E-state index contributed by atoms with van der Waals surface area (Å²) in [6, 6.07) is 14.2. The van der Waals surface area contributed by atoms with Gasteiger partial charge < -0.3 is 5.11 Å². The Morgan fingerprint density at radius 3 is 2.83 bits per heavy atom. The molecule has 1 heterocycles. The van der Waals surface area contributed by atoms with Gasteiger partial charge in [0.05, 0.1) is 17.8 Å². The molecule has 0 aliphatic heterocycles. The molecule has 0 atom stereocenters. The summed E-state index contributed by atoms with van der Waals surface area (Å²) in [5.74, 6) is -0.0595. The number of nitrogens with one attached hydrogen (secondary N) is 2. The van der Waals surface area contributed by atoms with Gasteiger partial charge in [0.1, 0.15) is 11.3 Å². The molecule has 3 N–H and O–H groups in total. The normalized spacial score (nSPS) is 10.5. The monoisotopic (exact) mass is 323 g/mol. The molecule has 0 aliphatic rings. The van der Waals surface area contributed by atoms with E-state index in [9.17, 15) is 9.90 Å². The van der Waals surface area contributed by atoms with Gasteiger partial charge in [-0.05, 0) is 24.3 Å². The second kappa shape index (κ2) is 6.82. The van der Waals surface area contributed by atoms with Gasteiger partial charge in [-0.3, -0.25) is 15.6 Å². The van der Waals surface area contributed by atoms with Crippen LogP contribution in [0.25, 0.3) is 16.7 Å². The maximum absolute atomic E-state index is 12.0. The first-order valence-electron chi connectivity index (χ1n) is 7.45. The van der Waals surface area contributed by atoms with Gasteiger partial charge in [0.15, 0.2) is 0 Å². The number of aromatic nitrogens is 3. The zero-order valence-corrected chi connectivity index (χ0v) is 12.9. The number of phenolic OH excluding ortho intramolecular Hbond substituents is 1. The highest BCUT2D eigenvalue weighted by molar-refractivity contribution is 5.78. The number of carbonyl (C=O) groups excluding carboxylic acids is 1. The van der Waals surface area contributed by atoms with Crippen LogP contribution in [0.3, 0.4) is 0 Å². The van der Waals surface area contributed by atoms with Crippen LogP contribution in [-0.2, 0) is 11.3 Å². The lowest BCUT2D eigenvalue weighted by Gasteiger charge is -2.11. The largest absolute Gasteiger partial charge is 0.508 e. The van der Waals surface area contributed by atoms with Crippen molar-refractivity contribution in [2.45, 2.75) is 13.0 Å².